The van der Waals surface area contributed by atoms with Gasteiger partial charge in [0, 0.05) is 18.6 Å². The Bertz CT molecular complexity index is 564. The third-order valence-corrected chi connectivity index (χ3v) is 3.32. The van der Waals surface area contributed by atoms with E-state index < -0.39 is 9.84 Å². The number of nitrogens with one attached hydrogen (secondary N) is 1. The summed E-state index contributed by atoms with van der Waals surface area (Å²) >= 11 is 4.68. The van der Waals surface area contributed by atoms with Crippen molar-refractivity contribution >= 4 is 22.5 Å². The van der Waals surface area contributed by atoms with E-state index in [1.807, 2.05) is 0 Å². The van der Waals surface area contributed by atoms with E-state index in [4.69, 9.17) is 0 Å². The van der Waals surface area contributed by atoms with Crippen LogP contribution in [0.4, 0.5) is 0 Å². The van der Waals surface area contributed by atoms with E-state index in [0.29, 0.717) is 0 Å². The van der Waals surface area contributed by atoms with Crippen LogP contribution in [0.2, 0.25) is 0 Å². The standard InChI is InChI=1S/C7H5N4O2S2/c12-15(13,7-9-3-4-10-7)5-1-2-8-6(14)11-5/h1-4H,(H,9,10). The molecule has 8 heteroatoms. The molecule has 0 unspecified atom stereocenters. The largest absolute Gasteiger partial charge is 0.335 e. The maximum absolute atomic E-state index is 11.8. The Morgan fingerprint density at radius 3 is 2.67 bits per heavy atom. The number of aromatic nitrogens is 4. The monoisotopic (exact) mass is 241 g/mol. The van der Waals surface area contributed by atoms with Gasteiger partial charge < -0.3 is 4.98 Å². The Morgan fingerprint density at radius 1 is 1.27 bits per heavy atom. The van der Waals surface area contributed by atoms with Gasteiger partial charge in [-0.05, 0) is 18.7 Å². The first-order valence-electron chi connectivity index (χ1n) is 3.85. The van der Waals surface area contributed by atoms with Crippen molar-refractivity contribution in [3.63, 3.8) is 0 Å². The number of imidazole rings is 1. The SMILES string of the molecule is O=S(=O)(c1ccnc([S])n1)c1ncc[nH]1. The van der Waals surface area contributed by atoms with Crippen molar-refractivity contribution in [2.24, 2.45) is 0 Å². The highest BCUT2D eigenvalue weighted by atomic mass is 32.2. The van der Waals surface area contributed by atoms with Gasteiger partial charge in [0.25, 0.3) is 9.84 Å². The number of hydrogen-bond donors (Lipinski definition) is 1. The van der Waals surface area contributed by atoms with Gasteiger partial charge in [0.15, 0.2) is 5.03 Å². The van der Waals surface area contributed by atoms with Crippen LogP contribution in [-0.4, -0.2) is 28.4 Å². The summed E-state index contributed by atoms with van der Waals surface area (Å²) in [5.41, 5.74) is 0. The molecule has 0 amide bonds. The molecular weight excluding hydrogens is 236 g/mol. The summed E-state index contributed by atoms with van der Waals surface area (Å²) in [5, 5.41) is -0.323. The predicted octanol–water partition coefficient (Wildman–Crippen LogP) is 0.589. The van der Waals surface area contributed by atoms with Gasteiger partial charge >= 0.3 is 0 Å². The molecule has 1 N–H and O–H groups in total. The van der Waals surface area contributed by atoms with Gasteiger partial charge in [-0.25, -0.2) is 23.4 Å². The maximum atomic E-state index is 11.8. The molecule has 0 aliphatic rings. The van der Waals surface area contributed by atoms with Crippen LogP contribution in [0, 0.1) is 0 Å². The normalized spacial score (nSPS) is 11.5. The fraction of sp³-hybridized carbons (Fsp3) is 0. The zero-order chi connectivity index (χ0) is 10.9. The molecule has 0 spiro atoms. The van der Waals surface area contributed by atoms with E-state index in [-0.39, 0.29) is 15.3 Å². The molecular formula is C7H5N4O2S2. The molecule has 0 aliphatic heterocycles. The first-order valence-corrected chi connectivity index (χ1v) is 5.74. The minimum absolute atomic E-state index is 0.0115. The average molecular weight is 241 g/mol. The highest BCUT2D eigenvalue weighted by Crippen LogP contribution is 2.14. The summed E-state index contributed by atoms with van der Waals surface area (Å²) in [6, 6.07) is 1.27. The molecule has 15 heavy (non-hydrogen) atoms. The van der Waals surface area contributed by atoms with Gasteiger partial charge in [-0.15, -0.1) is 0 Å². The first kappa shape index (κ1) is 9.99. The minimum Gasteiger partial charge on any atom is -0.335 e. The molecule has 2 rings (SSSR count). The number of nitrogens with zero attached hydrogens (tertiary/aromatic N) is 3. The summed E-state index contributed by atoms with van der Waals surface area (Å²) in [6.07, 6.45) is 4.07. The molecule has 77 valence electrons. The van der Waals surface area contributed by atoms with E-state index in [2.05, 4.69) is 32.6 Å². The first-order chi connectivity index (χ1) is 7.10. The highest BCUT2D eigenvalue weighted by molar-refractivity contribution is 7.91. The quantitative estimate of drug-likeness (QED) is 0.614. The van der Waals surface area contributed by atoms with Crippen LogP contribution < -0.4 is 0 Å². The highest BCUT2D eigenvalue weighted by Gasteiger charge is 2.21. The fourth-order valence-electron chi connectivity index (χ4n) is 0.972. The van der Waals surface area contributed by atoms with Crippen molar-refractivity contribution in [2.75, 3.05) is 0 Å². The Labute approximate surface area is 91.1 Å². The zero-order valence-electron chi connectivity index (χ0n) is 7.28. The molecule has 2 heterocycles. The third kappa shape index (κ3) is 1.81. The number of aromatic amines is 1. The second kappa shape index (κ2) is 3.55. The molecule has 2 aromatic rings. The number of H-pyrrole nitrogens is 1. The Hall–Kier alpha value is -1.54. The molecule has 0 atom stereocenters. The Balaban J connectivity index is 2.57. The van der Waals surface area contributed by atoms with E-state index in [0.717, 1.165) is 0 Å². The molecule has 0 bridgehead atoms. The van der Waals surface area contributed by atoms with Gasteiger partial charge in [-0.3, -0.25) is 0 Å². The zero-order valence-corrected chi connectivity index (χ0v) is 8.92. The molecule has 6 nitrogen and oxygen atoms in total. The van der Waals surface area contributed by atoms with Crippen molar-refractivity contribution in [3.8, 4) is 0 Å². The Kier molecular flexibility index (Phi) is 2.37. The topological polar surface area (TPSA) is 88.6 Å². The minimum atomic E-state index is -3.70. The van der Waals surface area contributed by atoms with E-state index in [9.17, 15) is 8.42 Å². The van der Waals surface area contributed by atoms with Gasteiger partial charge in [-0.1, -0.05) is 0 Å². The average Bonchev–Trinajstić information content (AvgIpc) is 2.71. The molecule has 1 radical (unpaired) electrons. The molecule has 0 fully saturated rings. The molecule has 0 aromatic carbocycles. The number of sulfone groups is 1. The van der Waals surface area contributed by atoms with Crippen LogP contribution in [0.25, 0.3) is 0 Å². The van der Waals surface area contributed by atoms with Crippen LogP contribution in [0.5, 0.6) is 0 Å². The lowest BCUT2D eigenvalue weighted by Crippen LogP contribution is -2.06. The third-order valence-electron chi connectivity index (χ3n) is 1.61. The Morgan fingerprint density at radius 2 is 2.07 bits per heavy atom. The number of hydrogen-bond acceptors (Lipinski definition) is 5. The molecule has 0 saturated heterocycles. The lowest BCUT2D eigenvalue weighted by atomic mass is 10.7. The summed E-state index contributed by atoms with van der Waals surface area (Å²) in [4.78, 5) is 13.5. The van der Waals surface area contributed by atoms with Crippen LogP contribution in [0.1, 0.15) is 0 Å². The van der Waals surface area contributed by atoms with Crippen molar-refractivity contribution < 1.29 is 8.42 Å². The van der Waals surface area contributed by atoms with Gasteiger partial charge in [0.05, 0.1) is 0 Å². The van der Waals surface area contributed by atoms with Crippen molar-refractivity contribution in [2.45, 2.75) is 15.3 Å². The van der Waals surface area contributed by atoms with Crippen LogP contribution >= 0.6 is 12.6 Å². The second-order valence-electron chi connectivity index (χ2n) is 2.58. The molecule has 0 saturated carbocycles. The lowest BCUT2D eigenvalue weighted by Gasteiger charge is -1.99. The van der Waals surface area contributed by atoms with Gasteiger partial charge in [0.2, 0.25) is 10.3 Å². The van der Waals surface area contributed by atoms with Gasteiger partial charge in [0.1, 0.15) is 0 Å². The van der Waals surface area contributed by atoms with Gasteiger partial charge in [-0.2, -0.15) is 0 Å². The van der Waals surface area contributed by atoms with E-state index in [1.165, 1.54) is 24.7 Å². The van der Waals surface area contributed by atoms with Crippen molar-refractivity contribution in [1.82, 2.24) is 19.9 Å². The predicted molar refractivity (Wildman–Crippen MR) is 51.9 cm³/mol. The summed E-state index contributed by atoms with van der Waals surface area (Å²) < 4.78 is 23.6. The number of rotatable bonds is 2. The fourth-order valence-corrected chi connectivity index (χ4v) is 2.26. The summed E-state index contributed by atoms with van der Waals surface area (Å²) in [6.45, 7) is 0. The summed E-state index contributed by atoms with van der Waals surface area (Å²) in [5.74, 6) is 0. The van der Waals surface area contributed by atoms with E-state index in [1.54, 1.807) is 0 Å². The van der Waals surface area contributed by atoms with Crippen LogP contribution in [0.15, 0.2) is 40.0 Å². The van der Waals surface area contributed by atoms with Crippen LogP contribution in [0.3, 0.4) is 0 Å². The van der Waals surface area contributed by atoms with Crippen molar-refractivity contribution in [1.29, 1.82) is 0 Å². The second-order valence-corrected chi connectivity index (χ2v) is 4.75. The van der Waals surface area contributed by atoms with Crippen molar-refractivity contribution in [3.05, 3.63) is 24.7 Å². The smallest absolute Gasteiger partial charge is 0.257 e. The molecule has 0 aliphatic carbocycles. The molecule has 2 aromatic heterocycles. The van der Waals surface area contributed by atoms with E-state index >= 15 is 0 Å². The summed E-state index contributed by atoms with van der Waals surface area (Å²) in [7, 11) is -3.70. The van der Waals surface area contributed by atoms with Crippen LogP contribution in [-0.2, 0) is 9.84 Å². The maximum Gasteiger partial charge on any atom is 0.257 e. The lowest BCUT2D eigenvalue weighted by molar-refractivity contribution is 0.582.